The van der Waals surface area contributed by atoms with Crippen LogP contribution in [0.3, 0.4) is 0 Å². The van der Waals surface area contributed by atoms with Crippen LogP contribution in [-0.2, 0) is 9.53 Å². The van der Waals surface area contributed by atoms with Gasteiger partial charge in [0.2, 0.25) is 0 Å². The van der Waals surface area contributed by atoms with Crippen LogP contribution in [0, 0.1) is 0 Å². The van der Waals surface area contributed by atoms with Gasteiger partial charge in [0.15, 0.2) is 6.61 Å². The van der Waals surface area contributed by atoms with Crippen molar-refractivity contribution in [1.82, 2.24) is 0 Å². The molecule has 2 rings (SSSR count). The van der Waals surface area contributed by atoms with Crippen molar-refractivity contribution in [1.29, 1.82) is 0 Å². The van der Waals surface area contributed by atoms with Gasteiger partial charge in [-0.15, -0.1) is 11.8 Å². The van der Waals surface area contributed by atoms with Crippen LogP contribution in [-0.4, -0.2) is 31.3 Å². The van der Waals surface area contributed by atoms with Gasteiger partial charge in [0.1, 0.15) is 0 Å². The van der Waals surface area contributed by atoms with Gasteiger partial charge in [0.05, 0.1) is 11.3 Å². The zero-order valence-electron chi connectivity index (χ0n) is 15.1. The number of esters is 1. The quantitative estimate of drug-likeness (QED) is 0.387. The number of anilines is 2. The molecule has 0 spiro atoms. The Balaban J connectivity index is 1.93. The fourth-order valence-electron chi connectivity index (χ4n) is 2.36. The standard InChI is InChI=1S/C20H24N2O3S/c1-3-4-13-21-16-10-6-5-9-15(16)20(24)25-14-19(23)22-17-11-7-8-12-18(17)26-2/h5-12,21H,3-4,13-14H2,1-2H3,(H,22,23). The van der Waals surface area contributed by atoms with Gasteiger partial charge in [0.25, 0.3) is 5.91 Å². The van der Waals surface area contributed by atoms with E-state index in [1.54, 1.807) is 12.1 Å². The lowest BCUT2D eigenvalue weighted by molar-refractivity contribution is -0.119. The highest BCUT2D eigenvalue weighted by molar-refractivity contribution is 7.98. The molecule has 6 heteroatoms. The summed E-state index contributed by atoms with van der Waals surface area (Å²) >= 11 is 1.54. The van der Waals surface area contributed by atoms with Crippen LogP contribution in [0.2, 0.25) is 0 Å². The van der Waals surface area contributed by atoms with E-state index in [4.69, 9.17) is 4.74 Å². The first-order valence-corrected chi connectivity index (χ1v) is 9.81. The molecule has 2 N–H and O–H groups in total. The van der Waals surface area contributed by atoms with Crippen LogP contribution in [0.1, 0.15) is 30.1 Å². The number of carbonyl (C=O) groups excluding carboxylic acids is 2. The van der Waals surface area contributed by atoms with Crippen LogP contribution in [0.4, 0.5) is 11.4 Å². The van der Waals surface area contributed by atoms with E-state index >= 15 is 0 Å². The van der Waals surface area contributed by atoms with Gasteiger partial charge in [0, 0.05) is 17.1 Å². The van der Waals surface area contributed by atoms with E-state index in [-0.39, 0.29) is 12.5 Å². The largest absolute Gasteiger partial charge is 0.452 e. The number of amides is 1. The minimum Gasteiger partial charge on any atom is -0.452 e. The number of hydrogen-bond acceptors (Lipinski definition) is 5. The highest BCUT2D eigenvalue weighted by atomic mass is 32.2. The highest BCUT2D eigenvalue weighted by Gasteiger charge is 2.14. The second-order valence-corrected chi connectivity index (χ2v) is 6.50. The van der Waals surface area contributed by atoms with E-state index in [1.165, 1.54) is 11.8 Å². The third kappa shape index (κ3) is 5.81. The number of ether oxygens (including phenoxy) is 1. The number of benzene rings is 2. The molecule has 0 aliphatic heterocycles. The van der Waals surface area contributed by atoms with Crippen molar-refractivity contribution in [3.8, 4) is 0 Å². The zero-order valence-corrected chi connectivity index (χ0v) is 15.9. The lowest BCUT2D eigenvalue weighted by Crippen LogP contribution is -2.21. The summed E-state index contributed by atoms with van der Waals surface area (Å²) in [4.78, 5) is 25.4. The first kappa shape index (κ1) is 19.8. The number of carbonyl (C=O) groups is 2. The summed E-state index contributed by atoms with van der Waals surface area (Å²) in [6, 6.07) is 14.7. The minimum atomic E-state index is -0.516. The Hall–Kier alpha value is -2.47. The molecule has 5 nitrogen and oxygen atoms in total. The van der Waals surface area contributed by atoms with Gasteiger partial charge >= 0.3 is 5.97 Å². The van der Waals surface area contributed by atoms with Crippen LogP contribution < -0.4 is 10.6 Å². The third-order valence-corrected chi connectivity index (χ3v) is 4.50. The molecule has 2 aromatic carbocycles. The lowest BCUT2D eigenvalue weighted by atomic mass is 10.1. The van der Waals surface area contributed by atoms with E-state index in [2.05, 4.69) is 17.6 Å². The molecular formula is C20H24N2O3S. The predicted octanol–water partition coefficient (Wildman–Crippen LogP) is 4.42. The summed E-state index contributed by atoms with van der Waals surface area (Å²) in [5.74, 6) is -0.880. The fraction of sp³-hybridized carbons (Fsp3) is 0.300. The minimum absolute atomic E-state index is 0.329. The van der Waals surface area contributed by atoms with Gasteiger partial charge in [-0.05, 0) is 36.9 Å². The van der Waals surface area contributed by atoms with Crippen molar-refractivity contribution in [3.05, 3.63) is 54.1 Å². The van der Waals surface area contributed by atoms with E-state index in [0.29, 0.717) is 11.3 Å². The molecule has 2 aromatic rings. The Morgan fingerprint density at radius 2 is 1.73 bits per heavy atom. The second-order valence-electron chi connectivity index (χ2n) is 5.65. The highest BCUT2D eigenvalue weighted by Crippen LogP contribution is 2.24. The van der Waals surface area contributed by atoms with E-state index in [1.807, 2.05) is 42.7 Å². The van der Waals surface area contributed by atoms with Crippen LogP contribution in [0.15, 0.2) is 53.4 Å². The van der Waals surface area contributed by atoms with Gasteiger partial charge in [-0.3, -0.25) is 4.79 Å². The second kappa shape index (κ2) is 10.5. The Kier molecular flexibility index (Phi) is 8.02. The number of unbranched alkanes of at least 4 members (excludes halogenated alkanes) is 1. The molecule has 0 aromatic heterocycles. The Labute approximate surface area is 158 Å². The van der Waals surface area contributed by atoms with Crippen LogP contribution >= 0.6 is 11.8 Å². The summed E-state index contributed by atoms with van der Waals surface area (Å²) in [7, 11) is 0. The number of para-hydroxylation sites is 2. The average molecular weight is 372 g/mol. The van der Waals surface area contributed by atoms with Crippen LogP contribution in [0.5, 0.6) is 0 Å². The zero-order chi connectivity index (χ0) is 18.8. The molecule has 26 heavy (non-hydrogen) atoms. The predicted molar refractivity (Wildman–Crippen MR) is 107 cm³/mol. The molecule has 0 radical (unpaired) electrons. The topological polar surface area (TPSA) is 67.4 Å². The molecule has 0 heterocycles. The molecule has 1 amide bonds. The average Bonchev–Trinajstić information content (AvgIpc) is 2.67. The first-order chi connectivity index (χ1) is 12.7. The molecule has 0 atom stereocenters. The van der Waals surface area contributed by atoms with Crippen molar-refractivity contribution in [2.45, 2.75) is 24.7 Å². The SMILES string of the molecule is CCCCNc1ccccc1C(=O)OCC(=O)Nc1ccccc1SC. The van der Waals surface area contributed by atoms with Gasteiger partial charge < -0.3 is 15.4 Å². The molecule has 0 unspecified atom stereocenters. The molecule has 0 saturated heterocycles. The van der Waals surface area contributed by atoms with Crippen molar-refractivity contribution in [2.75, 3.05) is 30.0 Å². The number of nitrogens with one attached hydrogen (secondary N) is 2. The molecular weight excluding hydrogens is 348 g/mol. The molecule has 0 aliphatic rings. The number of hydrogen-bond donors (Lipinski definition) is 2. The number of thioether (sulfide) groups is 1. The summed E-state index contributed by atoms with van der Waals surface area (Å²) in [6.07, 6.45) is 4.02. The van der Waals surface area contributed by atoms with Gasteiger partial charge in [-0.25, -0.2) is 4.79 Å². The van der Waals surface area contributed by atoms with Crippen molar-refractivity contribution >= 4 is 35.0 Å². The summed E-state index contributed by atoms with van der Waals surface area (Å²) in [5.41, 5.74) is 1.86. The Morgan fingerprint density at radius 3 is 2.46 bits per heavy atom. The molecule has 0 saturated carbocycles. The Morgan fingerprint density at radius 1 is 1.04 bits per heavy atom. The van der Waals surface area contributed by atoms with Gasteiger partial charge in [-0.2, -0.15) is 0 Å². The smallest absolute Gasteiger partial charge is 0.340 e. The van der Waals surface area contributed by atoms with Crippen molar-refractivity contribution < 1.29 is 14.3 Å². The third-order valence-electron chi connectivity index (χ3n) is 3.71. The fourth-order valence-corrected chi connectivity index (χ4v) is 2.91. The first-order valence-electron chi connectivity index (χ1n) is 8.58. The molecule has 0 fully saturated rings. The van der Waals surface area contributed by atoms with E-state index < -0.39 is 5.97 Å². The monoisotopic (exact) mass is 372 g/mol. The summed E-state index contributed by atoms with van der Waals surface area (Å²) in [5, 5.41) is 6.01. The maximum Gasteiger partial charge on any atom is 0.340 e. The van der Waals surface area contributed by atoms with Gasteiger partial charge in [-0.1, -0.05) is 37.6 Å². The van der Waals surface area contributed by atoms with Crippen molar-refractivity contribution in [2.24, 2.45) is 0 Å². The van der Waals surface area contributed by atoms with Crippen molar-refractivity contribution in [3.63, 3.8) is 0 Å². The maximum atomic E-state index is 12.3. The normalized spacial score (nSPS) is 10.2. The van der Waals surface area contributed by atoms with Crippen LogP contribution in [0.25, 0.3) is 0 Å². The summed E-state index contributed by atoms with van der Waals surface area (Å²) in [6.45, 7) is 2.56. The summed E-state index contributed by atoms with van der Waals surface area (Å²) < 4.78 is 5.18. The number of rotatable bonds is 9. The maximum absolute atomic E-state index is 12.3. The molecule has 138 valence electrons. The van der Waals surface area contributed by atoms with E-state index in [9.17, 15) is 9.59 Å². The Bertz CT molecular complexity index is 749. The lowest BCUT2D eigenvalue weighted by Gasteiger charge is -2.12. The molecule has 0 bridgehead atoms. The van der Waals surface area contributed by atoms with E-state index in [0.717, 1.165) is 30.0 Å². The molecule has 0 aliphatic carbocycles.